The van der Waals surface area contributed by atoms with Gasteiger partial charge in [0.2, 0.25) is 0 Å². The number of hydrogen-bond donors (Lipinski definition) is 0. The lowest BCUT2D eigenvalue weighted by molar-refractivity contribution is -0.142. The summed E-state index contributed by atoms with van der Waals surface area (Å²) >= 11 is 1.85. The number of carbonyl (C=O) groups is 1. The first kappa shape index (κ1) is 12.8. The number of esters is 1. The molecule has 0 saturated carbocycles. The number of rotatable bonds is 6. The number of hydrogen-bond acceptors (Lipinski definition) is 3. The monoisotopic (exact) mass is 204 g/mol. The van der Waals surface area contributed by atoms with E-state index in [1.807, 2.05) is 18.7 Å². The Morgan fingerprint density at radius 1 is 1.31 bits per heavy atom. The van der Waals surface area contributed by atoms with Crippen LogP contribution in [0.1, 0.15) is 40.5 Å². The first-order valence-corrected chi connectivity index (χ1v) is 5.85. The summed E-state index contributed by atoms with van der Waals surface area (Å²) in [5.41, 5.74) is 0. The zero-order valence-electron chi connectivity index (χ0n) is 9.00. The van der Waals surface area contributed by atoms with E-state index in [0.29, 0.717) is 23.5 Å². The molecule has 0 saturated heterocycles. The largest absolute Gasteiger partial charge is 0.466 e. The Balaban J connectivity index is 3.60. The SMILES string of the molecule is CCOC(=O)C[C@@H](C)S[C@@H](C)CC. The number of thioether (sulfide) groups is 1. The van der Waals surface area contributed by atoms with E-state index in [0.717, 1.165) is 6.42 Å². The highest BCUT2D eigenvalue weighted by molar-refractivity contribution is 8.00. The summed E-state index contributed by atoms with van der Waals surface area (Å²) in [6.07, 6.45) is 1.68. The van der Waals surface area contributed by atoms with Crippen molar-refractivity contribution in [2.45, 2.75) is 51.0 Å². The summed E-state index contributed by atoms with van der Waals surface area (Å²) in [6, 6.07) is 0. The summed E-state index contributed by atoms with van der Waals surface area (Å²) < 4.78 is 4.88. The van der Waals surface area contributed by atoms with E-state index in [1.165, 1.54) is 0 Å². The molecule has 0 unspecified atom stereocenters. The second kappa shape index (κ2) is 7.25. The quantitative estimate of drug-likeness (QED) is 0.622. The van der Waals surface area contributed by atoms with Crippen LogP contribution in [0.5, 0.6) is 0 Å². The predicted octanol–water partition coefficient (Wildman–Crippen LogP) is 2.86. The molecule has 0 rings (SSSR count). The molecule has 0 aromatic carbocycles. The Morgan fingerprint density at radius 2 is 1.92 bits per heavy atom. The van der Waals surface area contributed by atoms with Crippen molar-refractivity contribution in [2.24, 2.45) is 0 Å². The van der Waals surface area contributed by atoms with Crippen molar-refractivity contribution >= 4 is 17.7 Å². The van der Waals surface area contributed by atoms with Crippen molar-refractivity contribution in [1.82, 2.24) is 0 Å². The smallest absolute Gasteiger partial charge is 0.306 e. The van der Waals surface area contributed by atoms with Gasteiger partial charge in [0.05, 0.1) is 13.0 Å². The van der Waals surface area contributed by atoms with E-state index in [2.05, 4.69) is 20.8 Å². The molecule has 0 heterocycles. The van der Waals surface area contributed by atoms with Crippen molar-refractivity contribution < 1.29 is 9.53 Å². The van der Waals surface area contributed by atoms with Gasteiger partial charge in [-0.05, 0) is 13.3 Å². The van der Waals surface area contributed by atoms with Crippen molar-refractivity contribution in [3.8, 4) is 0 Å². The van der Waals surface area contributed by atoms with Gasteiger partial charge in [-0.1, -0.05) is 20.8 Å². The average Bonchev–Trinajstić information content (AvgIpc) is 2.04. The summed E-state index contributed by atoms with van der Waals surface area (Å²) in [7, 11) is 0. The highest BCUT2D eigenvalue weighted by Crippen LogP contribution is 2.22. The van der Waals surface area contributed by atoms with Crippen molar-refractivity contribution in [3.63, 3.8) is 0 Å². The summed E-state index contributed by atoms with van der Waals surface area (Å²) in [6.45, 7) is 8.75. The minimum Gasteiger partial charge on any atom is -0.466 e. The standard InChI is InChI=1S/C10H20O2S/c1-5-8(3)13-9(4)7-10(11)12-6-2/h8-9H,5-7H2,1-4H3/t8-,9+/m0/s1. The lowest BCUT2D eigenvalue weighted by Crippen LogP contribution is -2.12. The van der Waals surface area contributed by atoms with Crippen LogP contribution in [-0.2, 0) is 9.53 Å². The topological polar surface area (TPSA) is 26.3 Å². The maximum atomic E-state index is 11.1. The zero-order valence-corrected chi connectivity index (χ0v) is 9.82. The van der Waals surface area contributed by atoms with E-state index in [4.69, 9.17) is 4.74 Å². The van der Waals surface area contributed by atoms with E-state index >= 15 is 0 Å². The fourth-order valence-corrected chi connectivity index (χ4v) is 2.21. The maximum Gasteiger partial charge on any atom is 0.306 e. The van der Waals surface area contributed by atoms with E-state index in [9.17, 15) is 4.79 Å². The molecule has 3 heteroatoms. The van der Waals surface area contributed by atoms with Gasteiger partial charge in [0.1, 0.15) is 0 Å². The zero-order chi connectivity index (χ0) is 10.3. The van der Waals surface area contributed by atoms with Crippen LogP contribution in [0.15, 0.2) is 0 Å². The first-order chi connectivity index (χ1) is 6.10. The number of ether oxygens (including phenoxy) is 1. The van der Waals surface area contributed by atoms with Gasteiger partial charge in [0.25, 0.3) is 0 Å². The molecule has 0 fully saturated rings. The lowest BCUT2D eigenvalue weighted by Gasteiger charge is -2.14. The molecule has 0 radical (unpaired) electrons. The average molecular weight is 204 g/mol. The van der Waals surface area contributed by atoms with Crippen LogP contribution in [0.4, 0.5) is 0 Å². The highest BCUT2D eigenvalue weighted by atomic mass is 32.2. The van der Waals surface area contributed by atoms with Gasteiger partial charge < -0.3 is 4.74 Å². The molecule has 0 bridgehead atoms. The van der Waals surface area contributed by atoms with Gasteiger partial charge >= 0.3 is 5.97 Å². The third-order valence-electron chi connectivity index (χ3n) is 1.80. The van der Waals surface area contributed by atoms with Crippen LogP contribution in [0, 0.1) is 0 Å². The van der Waals surface area contributed by atoms with E-state index in [-0.39, 0.29) is 5.97 Å². The minimum absolute atomic E-state index is 0.0780. The van der Waals surface area contributed by atoms with Crippen LogP contribution < -0.4 is 0 Å². The molecule has 0 aromatic heterocycles. The predicted molar refractivity (Wildman–Crippen MR) is 58.1 cm³/mol. The Hall–Kier alpha value is -0.180. The van der Waals surface area contributed by atoms with E-state index in [1.54, 1.807) is 0 Å². The normalized spacial score (nSPS) is 15.1. The molecule has 2 atom stereocenters. The van der Waals surface area contributed by atoms with Crippen LogP contribution in [0.25, 0.3) is 0 Å². The van der Waals surface area contributed by atoms with Gasteiger partial charge in [-0.3, -0.25) is 4.79 Å². The Labute approximate surface area is 85.4 Å². The second-order valence-electron chi connectivity index (χ2n) is 3.17. The Bertz CT molecular complexity index is 148. The molecule has 2 nitrogen and oxygen atoms in total. The molecule has 0 aromatic rings. The molecular formula is C10H20O2S. The van der Waals surface area contributed by atoms with Gasteiger partial charge in [0, 0.05) is 10.5 Å². The Kier molecular flexibility index (Phi) is 7.14. The summed E-state index contributed by atoms with van der Waals surface area (Å²) in [5, 5.41) is 0.999. The summed E-state index contributed by atoms with van der Waals surface area (Å²) in [5.74, 6) is -0.0780. The molecule has 78 valence electrons. The van der Waals surface area contributed by atoms with Gasteiger partial charge in [-0.2, -0.15) is 11.8 Å². The van der Waals surface area contributed by atoms with Crippen LogP contribution in [-0.4, -0.2) is 23.1 Å². The van der Waals surface area contributed by atoms with Crippen molar-refractivity contribution in [2.75, 3.05) is 6.61 Å². The molecule has 0 aliphatic heterocycles. The fraction of sp³-hybridized carbons (Fsp3) is 0.900. The third kappa shape index (κ3) is 6.94. The molecular weight excluding hydrogens is 184 g/mol. The molecule has 0 aliphatic rings. The first-order valence-electron chi connectivity index (χ1n) is 4.91. The second-order valence-corrected chi connectivity index (χ2v) is 5.06. The van der Waals surface area contributed by atoms with Crippen LogP contribution >= 0.6 is 11.8 Å². The van der Waals surface area contributed by atoms with Gasteiger partial charge in [0.15, 0.2) is 0 Å². The molecule has 13 heavy (non-hydrogen) atoms. The molecule has 0 N–H and O–H groups in total. The van der Waals surface area contributed by atoms with E-state index < -0.39 is 0 Å². The van der Waals surface area contributed by atoms with Crippen molar-refractivity contribution in [3.05, 3.63) is 0 Å². The highest BCUT2D eigenvalue weighted by Gasteiger charge is 2.12. The van der Waals surface area contributed by atoms with Crippen molar-refractivity contribution in [1.29, 1.82) is 0 Å². The minimum atomic E-state index is -0.0780. The summed E-state index contributed by atoms with van der Waals surface area (Å²) in [4.78, 5) is 11.1. The Morgan fingerprint density at radius 3 is 2.38 bits per heavy atom. The van der Waals surface area contributed by atoms with Crippen LogP contribution in [0.3, 0.4) is 0 Å². The van der Waals surface area contributed by atoms with Gasteiger partial charge in [-0.15, -0.1) is 0 Å². The fourth-order valence-electron chi connectivity index (χ4n) is 0.996. The molecule has 0 amide bonds. The van der Waals surface area contributed by atoms with Gasteiger partial charge in [-0.25, -0.2) is 0 Å². The third-order valence-corrected chi connectivity index (χ3v) is 3.23. The number of carbonyl (C=O) groups excluding carboxylic acids is 1. The maximum absolute atomic E-state index is 11.1. The molecule has 0 aliphatic carbocycles. The van der Waals surface area contributed by atoms with Crippen LogP contribution in [0.2, 0.25) is 0 Å². The molecule has 0 spiro atoms. The lowest BCUT2D eigenvalue weighted by atomic mass is 10.3.